The lowest BCUT2D eigenvalue weighted by Gasteiger charge is -2.15. The maximum atomic E-state index is 13.7. The summed E-state index contributed by atoms with van der Waals surface area (Å²) in [6.07, 6.45) is 4.26. The van der Waals surface area contributed by atoms with E-state index in [1.807, 2.05) is 63.2 Å². The fourth-order valence-corrected chi connectivity index (χ4v) is 6.02. The standard InChI is InChI=1S/C32H33N3O3S/c1-20-8-11-23(12-9-20)18-35-31(38)27-15-13-24(30(37)33-25-6-4-5-7-25)17-28(27)34-32(35)39-19-29(36)26-14-10-21(2)16-22(26)3/h8-17,25H,4-7,18-19H2,1-3H3,(H,33,37). The van der Waals surface area contributed by atoms with Crippen LogP contribution in [-0.4, -0.2) is 33.0 Å². The lowest BCUT2D eigenvalue weighted by atomic mass is 10.0. The Morgan fingerprint density at radius 3 is 2.38 bits per heavy atom. The quantitative estimate of drug-likeness (QED) is 0.168. The summed E-state index contributed by atoms with van der Waals surface area (Å²) >= 11 is 1.26. The third kappa shape index (κ3) is 6.14. The summed E-state index contributed by atoms with van der Waals surface area (Å²) < 4.78 is 1.63. The van der Waals surface area contributed by atoms with Crippen LogP contribution in [0.4, 0.5) is 0 Å². The molecule has 7 heteroatoms. The lowest BCUT2D eigenvalue weighted by Crippen LogP contribution is -2.32. The van der Waals surface area contributed by atoms with Crippen molar-refractivity contribution >= 4 is 34.4 Å². The minimum absolute atomic E-state index is 0.0153. The Balaban J connectivity index is 1.49. The predicted octanol–water partition coefficient (Wildman–Crippen LogP) is 6.02. The maximum Gasteiger partial charge on any atom is 0.262 e. The Labute approximate surface area is 232 Å². The second-order valence-corrected chi connectivity index (χ2v) is 11.4. The van der Waals surface area contributed by atoms with Crippen molar-refractivity contribution in [1.29, 1.82) is 0 Å². The molecule has 0 atom stereocenters. The molecule has 1 aliphatic rings. The van der Waals surface area contributed by atoms with Gasteiger partial charge in [-0.3, -0.25) is 19.0 Å². The van der Waals surface area contributed by atoms with Crippen molar-refractivity contribution < 1.29 is 9.59 Å². The van der Waals surface area contributed by atoms with E-state index in [0.29, 0.717) is 33.7 Å². The molecule has 0 radical (unpaired) electrons. The zero-order valence-corrected chi connectivity index (χ0v) is 23.4. The van der Waals surface area contributed by atoms with Crippen LogP contribution in [0.2, 0.25) is 0 Å². The van der Waals surface area contributed by atoms with Gasteiger partial charge in [-0.1, -0.05) is 78.2 Å². The van der Waals surface area contributed by atoms with Crippen LogP contribution in [0.3, 0.4) is 0 Å². The first-order chi connectivity index (χ1) is 18.8. The molecular formula is C32H33N3O3S. The first kappa shape index (κ1) is 26.9. The van der Waals surface area contributed by atoms with Crippen LogP contribution in [0.5, 0.6) is 0 Å². The van der Waals surface area contributed by atoms with Gasteiger partial charge in [-0.15, -0.1) is 0 Å². The molecule has 1 amide bonds. The van der Waals surface area contributed by atoms with E-state index < -0.39 is 0 Å². The van der Waals surface area contributed by atoms with Crippen LogP contribution >= 0.6 is 11.8 Å². The van der Waals surface area contributed by atoms with Crippen LogP contribution in [0.25, 0.3) is 10.9 Å². The minimum Gasteiger partial charge on any atom is -0.349 e. The molecule has 1 heterocycles. The van der Waals surface area contributed by atoms with Crippen molar-refractivity contribution in [2.24, 2.45) is 0 Å². The number of thioether (sulfide) groups is 1. The summed E-state index contributed by atoms with van der Waals surface area (Å²) in [7, 11) is 0. The molecule has 0 aliphatic heterocycles. The molecule has 0 spiro atoms. The van der Waals surface area contributed by atoms with Crippen molar-refractivity contribution in [3.8, 4) is 0 Å². The zero-order valence-electron chi connectivity index (χ0n) is 22.6. The molecule has 1 aliphatic carbocycles. The van der Waals surface area contributed by atoms with E-state index in [9.17, 15) is 14.4 Å². The molecule has 1 aromatic heterocycles. The number of hydrogen-bond acceptors (Lipinski definition) is 5. The normalized spacial score (nSPS) is 13.6. The number of carbonyl (C=O) groups is 2. The van der Waals surface area contributed by atoms with Crippen LogP contribution in [0.15, 0.2) is 70.6 Å². The molecule has 1 saturated carbocycles. The number of nitrogens with one attached hydrogen (secondary N) is 1. The second kappa shape index (κ2) is 11.6. The molecule has 0 saturated heterocycles. The number of aromatic nitrogens is 2. The van der Waals surface area contributed by atoms with E-state index in [-0.39, 0.29) is 29.0 Å². The summed E-state index contributed by atoms with van der Waals surface area (Å²) in [6, 6.07) is 19.1. The highest BCUT2D eigenvalue weighted by Crippen LogP contribution is 2.23. The van der Waals surface area contributed by atoms with E-state index >= 15 is 0 Å². The fourth-order valence-electron chi connectivity index (χ4n) is 5.14. The number of hydrogen-bond donors (Lipinski definition) is 1. The van der Waals surface area contributed by atoms with Gasteiger partial charge in [0.2, 0.25) is 0 Å². The van der Waals surface area contributed by atoms with Gasteiger partial charge in [0.15, 0.2) is 10.9 Å². The van der Waals surface area contributed by atoms with Crippen LogP contribution in [-0.2, 0) is 6.54 Å². The Bertz CT molecular complexity index is 1600. The van der Waals surface area contributed by atoms with Gasteiger partial charge >= 0.3 is 0 Å². The number of ketones is 1. The van der Waals surface area contributed by atoms with Crippen molar-refractivity contribution in [1.82, 2.24) is 14.9 Å². The monoisotopic (exact) mass is 539 g/mol. The summed E-state index contributed by atoms with van der Waals surface area (Å²) in [5.74, 6) is -0.00971. The fraction of sp³-hybridized carbons (Fsp3) is 0.312. The van der Waals surface area contributed by atoms with E-state index in [4.69, 9.17) is 4.98 Å². The Hall–Kier alpha value is -3.71. The highest BCUT2D eigenvalue weighted by molar-refractivity contribution is 7.99. The number of benzene rings is 3. The molecule has 3 aromatic carbocycles. The average Bonchev–Trinajstić information content (AvgIpc) is 3.43. The number of amides is 1. The number of carbonyl (C=O) groups excluding carboxylic acids is 2. The van der Waals surface area contributed by atoms with E-state index in [1.165, 1.54) is 11.8 Å². The minimum atomic E-state index is -0.190. The topological polar surface area (TPSA) is 81.1 Å². The maximum absolute atomic E-state index is 13.7. The van der Waals surface area contributed by atoms with Gasteiger partial charge < -0.3 is 5.32 Å². The molecule has 39 heavy (non-hydrogen) atoms. The predicted molar refractivity (Wildman–Crippen MR) is 157 cm³/mol. The molecule has 5 rings (SSSR count). The van der Waals surface area contributed by atoms with E-state index in [2.05, 4.69) is 5.32 Å². The first-order valence-corrected chi connectivity index (χ1v) is 14.4. The van der Waals surface area contributed by atoms with Crippen LogP contribution < -0.4 is 10.9 Å². The Morgan fingerprint density at radius 1 is 0.949 bits per heavy atom. The van der Waals surface area contributed by atoms with E-state index in [1.54, 1.807) is 22.8 Å². The molecule has 0 bridgehead atoms. The van der Waals surface area contributed by atoms with Gasteiger partial charge in [0, 0.05) is 17.2 Å². The number of rotatable bonds is 8. The van der Waals surface area contributed by atoms with Crippen molar-refractivity contribution in [2.45, 2.75) is 64.2 Å². The number of Topliss-reactive ketones (excluding diaryl/α,β-unsaturated/α-hetero) is 1. The molecule has 200 valence electrons. The summed E-state index contributed by atoms with van der Waals surface area (Å²) in [4.78, 5) is 44.6. The van der Waals surface area contributed by atoms with Crippen LogP contribution in [0, 0.1) is 20.8 Å². The molecule has 1 fully saturated rings. The number of fused-ring (bicyclic) bond motifs is 1. The Kier molecular flexibility index (Phi) is 7.98. The summed E-state index contributed by atoms with van der Waals surface area (Å²) in [5.41, 5.74) is 5.57. The SMILES string of the molecule is Cc1ccc(Cn2c(SCC(=O)c3ccc(C)cc3C)nc3cc(C(=O)NC4CCCC4)ccc3c2=O)cc1. The molecule has 0 unspecified atom stereocenters. The molecule has 4 aromatic rings. The largest absolute Gasteiger partial charge is 0.349 e. The van der Waals surface area contributed by atoms with Gasteiger partial charge in [0.25, 0.3) is 11.5 Å². The number of aryl methyl sites for hydroxylation is 3. The average molecular weight is 540 g/mol. The van der Waals surface area contributed by atoms with Gasteiger partial charge in [-0.25, -0.2) is 4.98 Å². The van der Waals surface area contributed by atoms with E-state index in [0.717, 1.165) is 47.9 Å². The van der Waals surface area contributed by atoms with Crippen molar-refractivity contribution in [3.05, 3.63) is 104 Å². The zero-order chi connectivity index (χ0) is 27.5. The summed E-state index contributed by atoms with van der Waals surface area (Å²) in [6.45, 7) is 6.30. The second-order valence-electron chi connectivity index (χ2n) is 10.5. The molecule has 1 N–H and O–H groups in total. The Morgan fingerprint density at radius 2 is 1.67 bits per heavy atom. The van der Waals surface area contributed by atoms with Gasteiger partial charge in [0.1, 0.15) is 0 Å². The third-order valence-corrected chi connectivity index (χ3v) is 8.33. The summed E-state index contributed by atoms with van der Waals surface area (Å²) in [5, 5.41) is 4.01. The van der Waals surface area contributed by atoms with Gasteiger partial charge in [-0.2, -0.15) is 0 Å². The highest BCUT2D eigenvalue weighted by Gasteiger charge is 2.20. The van der Waals surface area contributed by atoms with Gasteiger partial charge in [-0.05, 0) is 62.9 Å². The van der Waals surface area contributed by atoms with Crippen LogP contribution in [0.1, 0.15) is 68.7 Å². The van der Waals surface area contributed by atoms with Gasteiger partial charge in [0.05, 0.1) is 23.2 Å². The smallest absolute Gasteiger partial charge is 0.262 e. The highest BCUT2D eigenvalue weighted by atomic mass is 32.2. The molecule has 6 nitrogen and oxygen atoms in total. The number of nitrogens with zero attached hydrogens (tertiary/aromatic N) is 2. The first-order valence-electron chi connectivity index (χ1n) is 13.4. The molecular weight excluding hydrogens is 506 g/mol. The third-order valence-electron chi connectivity index (χ3n) is 7.35. The van der Waals surface area contributed by atoms with Crippen molar-refractivity contribution in [2.75, 3.05) is 5.75 Å². The lowest BCUT2D eigenvalue weighted by molar-refractivity contribution is 0.0937. The van der Waals surface area contributed by atoms with Crippen molar-refractivity contribution in [3.63, 3.8) is 0 Å².